The van der Waals surface area contributed by atoms with Gasteiger partial charge in [0.2, 0.25) is 5.91 Å². The second-order valence-electron chi connectivity index (χ2n) is 3.07. The molecule has 13 heavy (non-hydrogen) atoms. The Bertz CT molecular complexity index is 338. The number of aromatic nitrogens is 1. The Morgan fingerprint density at radius 1 is 1.62 bits per heavy atom. The van der Waals surface area contributed by atoms with E-state index in [1.54, 1.807) is 18.3 Å². The summed E-state index contributed by atoms with van der Waals surface area (Å²) in [4.78, 5) is 14.9. The molecule has 68 valence electrons. The normalized spacial score (nSPS) is 21.5. The largest absolute Gasteiger partial charge is 0.506 e. The van der Waals surface area contributed by atoms with Crippen LogP contribution in [-0.4, -0.2) is 16.0 Å². The molecule has 2 rings (SSSR count). The molecule has 1 amide bonds. The van der Waals surface area contributed by atoms with Gasteiger partial charge in [-0.25, -0.2) is 0 Å². The molecule has 1 aromatic rings. The molecule has 1 aliphatic heterocycles. The van der Waals surface area contributed by atoms with Crippen LogP contribution >= 0.6 is 0 Å². The molecule has 0 bridgehead atoms. The zero-order chi connectivity index (χ0) is 9.26. The molecule has 1 saturated heterocycles. The highest BCUT2D eigenvalue weighted by atomic mass is 16.3. The number of aromatic hydroxyl groups is 1. The summed E-state index contributed by atoms with van der Waals surface area (Å²) in [5.74, 6) is 0.171. The zero-order valence-electron chi connectivity index (χ0n) is 7.03. The molecule has 0 aromatic carbocycles. The van der Waals surface area contributed by atoms with Crippen molar-refractivity contribution in [2.75, 3.05) is 0 Å². The highest BCUT2D eigenvalue weighted by Crippen LogP contribution is 2.27. The highest BCUT2D eigenvalue weighted by molar-refractivity contribution is 5.78. The minimum absolute atomic E-state index is 0.0232. The summed E-state index contributed by atoms with van der Waals surface area (Å²) in [7, 11) is 0. The van der Waals surface area contributed by atoms with E-state index in [2.05, 4.69) is 10.3 Å². The van der Waals surface area contributed by atoms with Gasteiger partial charge >= 0.3 is 0 Å². The first-order valence-corrected chi connectivity index (χ1v) is 4.20. The van der Waals surface area contributed by atoms with Crippen LogP contribution in [-0.2, 0) is 4.79 Å². The van der Waals surface area contributed by atoms with Crippen molar-refractivity contribution in [1.29, 1.82) is 0 Å². The molecular weight excluding hydrogens is 168 g/mol. The molecule has 0 radical (unpaired) electrons. The minimum atomic E-state index is -0.117. The molecule has 1 aliphatic rings. The van der Waals surface area contributed by atoms with Crippen molar-refractivity contribution in [3.05, 3.63) is 24.0 Å². The second kappa shape index (κ2) is 3.05. The average molecular weight is 178 g/mol. The number of carbonyl (C=O) groups excluding carboxylic acids is 1. The van der Waals surface area contributed by atoms with Crippen molar-refractivity contribution < 1.29 is 9.90 Å². The van der Waals surface area contributed by atoms with Crippen molar-refractivity contribution in [3.63, 3.8) is 0 Å². The fourth-order valence-electron chi connectivity index (χ4n) is 1.50. The van der Waals surface area contributed by atoms with Crippen LogP contribution in [0.1, 0.15) is 24.6 Å². The van der Waals surface area contributed by atoms with Gasteiger partial charge in [0.1, 0.15) is 11.4 Å². The molecule has 1 atom stereocenters. The Kier molecular flexibility index (Phi) is 1.88. The van der Waals surface area contributed by atoms with Crippen molar-refractivity contribution >= 4 is 5.91 Å². The lowest BCUT2D eigenvalue weighted by Gasteiger charge is -2.09. The number of carbonyl (C=O) groups is 1. The van der Waals surface area contributed by atoms with Crippen LogP contribution < -0.4 is 5.32 Å². The van der Waals surface area contributed by atoms with Crippen molar-refractivity contribution in [2.24, 2.45) is 0 Å². The lowest BCUT2D eigenvalue weighted by atomic mass is 10.1. The van der Waals surface area contributed by atoms with Gasteiger partial charge < -0.3 is 10.4 Å². The summed E-state index contributed by atoms with van der Waals surface area (Å²) >= 11 is 0. The molecule has 1 aromatic heterocycles. The van der Waals surface area contributed by atoms with Crippen molar-refractivity contribution in [3.8, 4) is 5.75 Å². The van der Waals surface area contributed by atoms with Gasteiger partial charge in [-0.1, -0.05) is 0 Å². The fourth-order valence-corrected chi connectivity index (χ4v) is 1.50. The van der Waals surface area contributed by atoms with Crippen LogP contribution in [0.3, 0.4) is 0 Å². The summed E-state index contributed by atoms with van der Waals surface area (Å²) in [6, 6.07) is 3.12. The van der Waals surface area contributed by atoms with E-state index in [0.29, 0.717) is 18.5 Å². The fraction of sp³-hybridized carbons (Fsp3) is 0.333. The standard InChI is InChI=1S/C9H10N2O2/c12-7-2-1-5-10-9(7)6-3-4-8(13)11-6/h1-2,5-6,12H,3-4H2,(H,11,13). The maximum absolute atomic E-state index is 10.9. The van der Waals surface area contributed by atoms with Crippen LogP contribution in [0.4, 0.5) is 0 Å². The van der Waals surface area contributed by atoms with Crippen LogP contribution in [0.25, 0.3) is 0 Å². The monoisotopic (exact) mass is 178 g/mol. The van der Waals surface area contributed by atoms with E-state index >= 15 is 0 Å². The summed E-state index contributed by atoms with van der Waals surface area (Å²) in [5.41, 5.74) is 0.563. The van der Waals surface area contributed by atoms with Crippen LogP contribution in [0.2, 0.25) is 0 Å². The van der Waals surface area contributed by atoms with E-state index < -0.39 is 0 Å². The highest BCUT2D eigenvalue weighted by Gasteiger charge is 2.25. The third-order valence-electron chi connectivity index (χ3n) is 2.14. The first kappa shape index (κ1) is 8.04. The topological polar surface area (TPSA) is 62.2 Å². The summed E-state index contributed by atoms with van der Waals surface area (Å²) in [6.45, 7) is 0. The molecule has 2 N–H and O–H groups in total. The molecule has 4 nitrogen and oxygen atoms in total. The molecule has 0 spiro atoms. The summed E-state index contributed by atoms with van der Waals surface area (Å²) < 4.78 is 0. The third kappa shape index (κ3) is 1.47. The predicted octanol–water partition coefficient (Wildman–Crippen LogP) is 0.738. The smallest absolute Gasteiger partial charge is 0.220 e. The molecule has 0 saturated carbocycles. The van der Waals surface area contributed by atoms with Gasteiger partial charge in [0, 0.05) is 12.6 Å². The van der Waals surface area contributed by atoms with Gasteiger partial charge in [0.25, 0.3) is 0 Å². The second-order valence-corrected chi connectivity index (χ2v) is 3.07. The van der Waals surface area contributed by atoms with Gasteiger partial charge in [-0.2, -0.15) is 0 Å². The zero-order valence-corrected chi connectivity index (χ0v) is 7.03. The first-order valence-electron chi connectivity index (χ1n) is 4.20. The van der Waals surface area contributed by atoms with Gasteiger partial charge in [0.15, 0.2) is 0 Å². The van der Waals surface area contributed by atoms with E-state index in [1.165, 1.54) is 0 Å². The molecule has 1 fully saturated rings. The lowest BCUT2D eigenvalue weighted by molar-refractivity contribution is -0.119. The Morgan fingerprint density at radius 3 is 3.08 bits per heavy atom. The number of hydrogen-bond donors (Lipinski definition) is 2. The number of hydrogen-bond acceptors (Lipinski definition) is 3. The third-order valence-corrected chi connectivity index (χ3v) is 2.14. The molecule has 1 unspecified atom stereocenters. The van der Waals surface area contributed by atoms with Gasteiger partial charge in [-0.15, -0.1) is 0 Å². The minimum Gasteiger partial charge on any atom is -0.506 e. The number of rotatable bonds is 1. The SMILES string of the molecule is O=C1CCC(c2ncccc2O)N1. The van der Waals surface area contributed by atoms with Crippen molar-refractivity contribution in [2.45, 2.75) is 18.9 Å². The van der Waals surface area contributed by atoms with Gasteiger partial charge in [-0.3, -0.25) is 9.78 Å². The van der Waals surface area contributed by atoms with E-state index in [0.717, 1.165) is 0 Å². The maximum atomic E-state index is 10.9. The Labute approximate surface area is 75.6 Å². The van der Waals surface area contributed by atoms with E-state index in [-0.39, 0.29) is 17.7 Å². The first-order chi connectivity index (χ1) is 6.27. The average Bonchev–Trinajstić information content (AvgIpc) is 2.53. The number of pyridine rings is 1. The van der Waals surface area contributed by atoms with Gasteiger partial charge in [-0.05, 0) is 18.6 Å². The molecule has 2 heterocycles. The van der Waals surface area contributed by atoms with E-state index in [4.69, 9.17) is 0 Å². The quantitative estimate of drug-likeness (QED) is 0.666. The van der Waals surface area contributed by atoms with E-state index in [9.17, 15) is 9.90 Å². The number of amides is 1. The van der Waals surface area contributed by atoms with Gasteiger partial charge in [0.05, 0.1) is 6.04 Å². The molecule has 4 heteroatoms. The maximum Gasteiger partial charge on any atom is 0.220 e. The van der Waals surface area contributed by atoms with Crippen LogP contribution in [0.15, 0.2) is 18.3 Å². The predicted molar refractivity (Wildman–Crippen MR) is 46.0 cm³/mol. The number of nitrogens with zero attached hydrogens (tertiary/aromatic N) is 1. The Balaban J connectivity index is 2.26. The van der Waals surface area contributed by atoms with Crippen molar-refractivity contribution in [1.82, 2.24) is 10.3 Å². The summed E-state index contributed by atoms with van der Waals surface area (Å²) in [5, 5.41) is 12.2. The number of nitrogens with one attached hydrogen (secondary N) is 1. The molecular formula is C9H10N2O2. The lowest BCUT2D eigenvalue weighted by Crippen LogP contribution is -2.19. The Hall–Kier alpha value is -1.58. The Morgan fingerprint density at radius 2 is 2.46 bits per heavy atom. The van der Waals surface area contributed by atoms with E-state index in [1.807, 2.05) is 0 Å². The molecule has 0 aliphatic carbocycles. The summed E-state index contributed by atoms with van der Waals surface area (Å²) in [6.07, 6.45) is 2.84. The van der Waals surface area contributed by atoms with Crippen LogP contribution in [0, 0.1) is 0 Å². The van der Waals surface area contributed by atoms with Crippen LogP contribution in [0.5, 0.6) is 5.75 Å².